The Morgan fingerprint density at radius 1 is 0.538 bits per heavy atom. The number of rotatable bonds is 0. The molecule has 2 aromatic rings. The lowest BCUT2D eigenvalue weighted by Gasteiger charge is -2.49. The fourth-order valence-electron chi connectivity index (χ4n) is 4.20. The van der Waals surface area contributed by atoms with Crippen molar-refractivity contribution < 1.29 is 0 Å². The Bertz CT molecular complexity index is 775. The molecule has 0 N–H and O–H groups in total. The summed E-state index contributed by atoms with van der Waals surface area (Å²) >= 11 is 0. The zero-order chi connectivity index (χ0) is 19.7. The van der Waals surface area contributed by atoms with E-state index in [-0.39, 0.29) is 21.7 Å². The second-order valence-corrected chi connectivity index (χ2v) is 11.3. The van der Waals surface area contributed by atoms with Gasteiger partial charge in [0, 0.05) is 0 Å². The maximum Gasteiger partial charge on any atom is -0.000557 e. The molecule has 0 saturated carbocycles. The van der Waals surface area contributed by atoms with Crippen molar-refractivity contribution >= 4 is 0 Å². The first-order valence-corrected chi connectivity index (χ1v) is 9.98. The molecule has 0 saturated heterocycles. The molecule has 26 heavy (non-hydrogen) atoms. The number of hydrogen-bond donors (Lipinski definition) is 0. The Morgan fingerprint density at radius 3 is 1.12 bits per heavy atom. The summed E-state index contributed by atoms with van der Waals surface area (Å²) in [5, 5.41) is 0. The molecule has 0 fully saturated rings. The van der Waals surface area contributed by atoms with E-state index in [4.69, 9.17) is 0 Å². The molecule has 140 valence electrons. The molecule has 0 unspecified atom stereocenters. The molecular weight excluding hydrogens is 312 g/mol. The van der Waals surface area contributed by atoms with Gasteiger partial charge in [0.1, 0.15) is 0 Å². The molecule has 0 amide bonds. The second kappa shape index (κ2) is 5.47. The van der Waals surface area contributed by atoms with Gasteiger partial charge in [-0.25, -0.2) is 0 Å². The van der Waals surface area contributed by atoms with E-state index in [1.165, 1.54) is 33.4 Å². The fraction of sp³-hybridized carbons (Fsp3) is 0.538. The van der Waals surface area contributed by atoms with Gasteiger partial charge in [-0.1, -0.05) is 106 Å². The summed E-state index contributed by atoms with van der Waals surface area (Å²) in [6.07, 6.45) is 0. The van der Waals surface area contributed by atoms with Gasteiger partial charge >= 0.3 is 0 Å². The maximum absolute atomic E-state index is 2.47. The Balaban J connectivity index is 2.34. The Morgan fingerprint density at radius 2 is 0.846 bits per heavy atom. The molecule has 0 heteroatoms. The van der Waals surface area contributed by atoms with Gasteiger partial charge in [0.2, 0.25) is 0 Å². The minimum absolute atomic E-state index is 0.0765. The summed E-state index contributed by atoms with van der Waals surface area (Å²) in [7, 11) is 0. The van der Waals surface area contributed by atoms with E-state index >= 15 is 0 Å². The molecule has 0 nitrogen and oxygen atoms in total. The summed E-state index contributed by atoms with van der Waals surface area (Å²) in [6.45, 7) is 23.5. The van der Waals surface area contributed by atoms with E-state index in [1.807, 2.05) is 0 Å². The largest absolute Gasteiger partial charge is 0.0579 e. The normalized spacial score (nSPS) is 18.2. The van der Waals surface area contributed by atoms with Crippen molar-refractivity contribution in [2.75, 3.05) is 0 Å². The van der Waals surface area contributed by atoms with Crippen molar-refractivity contribution in [2.24, 2.45) is 0 Å². The maximum atomic E-state index is 2.47. The highest BCUT2D eigenvalue weighted by molar-refractivity contribution is 5.78. The summed E-state index contributed by atoms with van der Waals surface area (Å²) in [4.78, 5) is 0. The average Bonchev–Trinajstić information content (AvgIpc) is 2.50. The van der Waals surface area contributed by atoms with Crippen molar-refractivity contribution in [3.05, 3.63) is 58.7 Å². The second-order valence-electron chi connectivity index (χ2n) is 11.3. The smallest absolute Gasteiger partial charge is 0.000557 e. The van der Waals surface area contributed by atoms with E-state index in [2.05, 4.69) is 106 Å². The molecule has 0 aliphatic heterocycles. The molecule has 1 aliphatic carbocycles. The quantitative estimate of drug-likeness (QED) is 0.462. The summed E-state index contributed by atoms with van der Waals surface area (Å²) in [5.41, 5.74) is 9.16. The lowest BCUT2D eigenvalue weighted by molar-refractivity contribution is 0.298. The third kappa shape index (κ3) is 2.73. The molecule has 0 radical (unpaired) electrons. The topological polar surface area (TPSA) is 0 Å². The first-order chi connectivity index (χ1) is 11.7. The summed E-state index contributed by atoms with van der Waals surface area (Å²) in [6, 6.07) is 14.3. The van der Waals surface area contributed by atoms with E-state index in [9.17, 15) is 0 Å². The minimum atomic E-state index is 0.0765. The molecule has 0 heterocycles. The van der Waals surface area contributed by atoms with E-state index < -0.39 is 0 Å². The van der Waals surface area contributed by atoms with Crippen LogP contribution in [0.5, 0.6) is 0 Å². The minimum Gasteiger partial charge on any atom is -0.0579 e. The predicted octanol–water partition coefficient (Wildman–Crippen LogP) is 7.52. The van der Waals surface area contributed by atoms with Crippen LogP contribution in [-0.2, 0) is 21.7 Å². The lowest BCUT2D eigenvalue weighted by atomic mass is 9.54. The van der Waals surface area contributed by atoms with Crippen molar-refractivity contribution in [2.45, 2.75) is 90.9 Å². The van der Waals surface area contributed by atoms with Crippen molar-refractivity contribution in [3.8, 4) is 11.1 Å². The van der Waals surface area contributed by atoms with Gasteiger partial charge in [0.15, 0.2) is 0 Å². The SMILES string of the molecule is CC(C)(C)c1ccc2c(c1)C(C)(C)C(C)(C)c1cc(C(C)(C)C)ccc1-2. The van der Waals surface area contributed by atoms with Gasteiger partial charge in [-0.15, -0.1) is 0 Å². The van der Waals surface area contributed by atoms with Crippen LogP contribution in [0.1, 0.15) is 91.5 Å². The molecule has 3 rings (SSSR count). The van der Waals surface area contributed by atoms with Crippen LogP contribution in [0.4, 0.5) is 0 Å². The first kappa shape index (κ1) is 19.2. The van der Waals surface area contributed by atoms with Gasteiger partial charge in [0.05, 0.1) is 0 Å². The molecular formula is C26H36. The Labute approximate surface area is 161 Å². The van der Waals surface area contributed by atoms with Gasteiger partial charge < -0.3 is 0 Å². The molecule has 1 aliphatic rings. The first-order valence-electron chi connectivity index (χ1n) is 9.98. The highest BCUT2D eigenvalue weighted by Gasteiger charge is 2.46. The van der Waals surface area contributed by atoms with Crippen LogP contribution in [0, 0.1) is 0 Å². The van der Waals surface area contributed by atoms with Crippen LogP contribution < -0.4 is 0 Å². The van der Waals surface area contributed by atoms with Crippen molar-refractivity contribution in [1.29, 1.82) is 0 Å². The molecule has 0 aromatic heterocycles. The molecule has 0 atom stereocenters. The molecule has 0 bridgehead atoms. The van der Waals surface area contributed by atoms with Crippen molar-refractivity contribution in [3.63, 3.8) is 0 Å². The van der Waals surface area contributed by atoms with Crippen molar-refractivity contribution in [1.82, 2.24) is 0 Å². The number of benzene rings is 2. The zero-order valence-electron chi connectivity index (χ0n) is 18.5. The van der Waals surface area contributed by atoms with Gasteiger partial charge in [0.25, 0.3) is 0 Å². The third-order valence-corrected chi connectivity index (χ3v) is 6.97. The summed E-state index contributed by atoms with van der Waals surface area (Å²) < 4.78 is 0. The van der Waals surface area contributed by atoms with E-state index in [0.29, 0.717) is 0 Å². The number of fused-ring (bicyclic) bond motifs is 3. The van der Waals surface area contributed by atoms with E-state index in [1.54, 1.807) is 0 Å². The van der Waals surface area contributed by atoms with Crippen LogP contribution in [0.25, 0.3) is 11.1 Å². The Hall–Kier alpha value is -1.56. The summed E-state index contributed by atoms with van der Waals surface area (Å²) in [5.74, 6) is 0. The highest BCUT2D eigenvalue weighted by Crippen LogP contribution is 2.54. The molecule has 2 aromatic carbocycles. The molecule has 0 spiro atoms. The van der Waals surface area contributed by atoms with Crippen LogP contribution in [0.2, 0.25) is 0 Å². The Kier molecular flexibility index (Phi) is 4.04. The highest BCUT2D eigenvalue weighted by atomic mass is 14.5. The van der Waals surface area contributed by atoms with Crippen LogP contribution in [-0.4, -0.2) is 0 Å². The van der Waals surface area contributed by atoms with Gasteiger partial charge in [-0.05, 0) is 55.0 Å². The third-order valence-electron chi connectivity index (χ3n) is 6.97. The number of hydrogen-bond acceptors (Lipinski definition) is 0. The van der Waals surface area contributed by atoms with Crippen LogP contribution in [0.3, 0.4) is 0 Å². The van der Waals surface area contributed by atoms with E-state index in [0.717, 1.165) is 0 Å². The lowest BCUT2D eigenvalue weighted by Crippen LogP contribution is -2.44. The standard InChI is InChI=1S/C26H36/c1-23(2,3)17-11-13-19-20-14-12-18(24(4,5)6)16-22(20)26(9,10)25(7,8)21(19)15-17/h11-16H,1-10H3. The van der Waals surface area contributed by atoms with Crippen LogP contribution in [0.15, 0.2) is 36.4 Å². The van der Waals surface area contributed by atoms with Gasteiger partial charge in [-0.2, -0.15) is 0 Å². The van der Waals surface area contributed by atoms with Gasteiger partial charge in [-0.3, -0.25) is 0 Å². The monoisotopic (exact) mass is 348 g/mol. The zero-order valence-corrected chi connectivity index (χ0v) is 18.5. The fourth-order valence-corrected chi connectivity index (χ4v) is 4.20. The van der Waals surface area contributed by atoms with Crippen LogP contribution >= 0.6 is 0 Å². The predicted molar refractivity (Wildman–Crippen MR) is 115 cm³/mol. The average molecular weight is 349 g/mol.